The topological polar surface area (TPSA) is 87.1 Å². The highest BCUT2D eigenvalue weighted by Gasteiger charge is 2.34. The summed E-state index contributed by atoms with van der Waals surface area (Å²) >= 11 is 0. The number of aliphatic carboxylic acids is 1. The summed E-state index contributed by atoms with van der Waals surface area (Å²) < 4.78 is 5.65. The van der Waals surface area contributed by atoms with Crippen LogP contribution >= 0.6 is 0 Å². The number of rotatable bonds is 13. The van der Waals surface area contributed by atoms with Crippen LogP contribution in [0.25, 0.3) is 0 Å². The van der Waals surface area contributed by atoms with Crippen molar-refractivity contribution in [2.24, 2.45) is 0 Å². The van der Waals surface area contributed by atoms with Gasteiger partial charge in [-0.05, 0) is 44.2 Å². The molecule has 0 saturated carbocycles. The van der Waals surface area contributed by atoms with Gasteiger partial charge in [0.15, 0.2) is 0 Å². The second kappa shape index (κ2) is 11.6. The van der Waals surface area contributed by atoms with Crippen molar-refractivity contribution in [1.29, 1.82) is 0 Å². The summed E-state index contributed by atoms with van der Waals surface area (Å²) in [5.74, 6) is 0.182. The third-order valence-corrected chi connectivity index (χ3v) is 5.01. The van der Waals surface area contributed by atoms with Crippen molar-refractivity contribution in [2.75, 3.05) is 13.2 Å². The van der Waals surface area contributed by atoms with E-state index in [1.165, 1.54) is 0 Å². The van der Waals surface area contributed by atoms with Gasteiger partial charge < -0.3 is 19.8 Å². The van der Waals surface area contributed by atoms with Crippen LogP contribution in [0.15, 0.2) is 30.3 Å². The van der Waals surface area contributed by atoms with Crippen LogP contribution in [0.5, 0.6) is 5.75 Å². The first-order chi connectivity index (χ1) is 13.1. The molecule has 1 aromatic rings. The first-order valence-corrected chi connectivity index (χ1v) is 9.95. The number of aliphatic hydroxyl groups excluding tert-OH is 1. The van der Waals surface area contributed by atoms with Crippen LogP contribution in [0.3, 0.4) is 0 Å². The molecule has 150 valence electrons. The number of nitrogens with zero attached hydrogens (tertiary/aromatic N) is 1. The maximum Gasteiger partial charge on any atom is 0.303 e. The zero-order valence-corrected chi connectivity index (χ0v) is 15.9. The number of unbranched alkanes of at least 4 members (excludes halogenated alkanes) is 3. The minimum absolute atomic E-state index is 0.103. The Kier molecular flexibility index (Phi) is 9.11. The molecule has 27 heavy (non-hydrogen) atoms. The lowest BCUT2D eigenvalue weighted by Gasteiger charge is -2.29. The third-order valence-electron chi connectivity index (χ3n) is 5.01. The summed E-state index contributed by atoms with van der Waals surface area (Å²) in [4.78, 5) is 24.4. The van der Waals surface area contributed by atoms with Gasteiger partial charge in [-0.25, -0.2) is 0 Å². The molecule has 0 bridgehead atoms. The quantitative estimate of drug-likeness (QED) is 0.515. The number of hydrogen-bond acceptors (Lipinski definition) is 4. The highest BCUT2D eigenvalue weighted by atomic mass is 16.5. The fraction of sp³-hybridized carbons (Fsp3) is 0.619. The summed E-state index contributed by atoms with van der Waals surface area (Å²) in [6, 6.07) is 9.50. The number of carbonyl (C=O) groups is 2. The van der Waals surface area contributed by atoms with Crippen molar-refractivity contribution >= 4 is 11.9 Å². The Balaban J connectivity index is 1.65. The van der Waals surface area contributed by atoms with Crippen LogP contribution in [-0.2, 0) is 9.59 Å². The second-order valence-electron chi connectivity index (χ2n) is 7.12. The summed E-state index contributed by atoms with van der Waals surface area (Å²) in [6.07, 6.45) is 5.53. The number of carbonyl (C=O) groups excluding carboxylic acids is 1. The Morgan fingerprint density at radius 2 is 1.89 bits per heavy atom. The molecular weight excluding hydrogens is 346 g/mol. The lowest BCUT2D eigenvalue weighted by atomic mass is 10.0. The molecule has 1 aliphatic heterocycles. The molecule has 2 rings (SSSR count). The van der Waals surface area contributed by atoms with E-state index >= 15 is 0 Å². The maximum absolute atomic E-state index is 12.1. The van der Waals surface area contributed by atoms with Crippen molar-refractivity contribution in [3.05, 3.63) is 30.3 Å². The van der Waals surface area contributed by atoms with E-state index < -0.39 is 12.1 Å². The first-order valence-electron chi connectivity index (χ1n) is 9.95. The van der Waals surface area contributed by atoms with Gasteiger partial charge in [0.25, 0.3) is 0 Å². The highest BCUT2D eigenvalue weighted by molar-refractivity contribution is 5.78. The number of aliphatic hydroxyl groups is 1. The number of carboxylic acids is 1. The van der Waals surface area contributed by atoms with Gasteiger partial charge in [0, 0.05) is 19.4 Å². The number of likely N-dealkylation sites (tertiary alicyclic amines) is 1. The van der Waals surface area contributed by atoms with E-state index in [1.54, 1.807) is 0 Å². The van der Waals surface area contributed by atoms with Gasteiger partial charge in [-0.1, -0.05) is 31.0 Å². The minimum Gasteiger partial charge on any atom is -0.494 e. The van der Waals surface area contributed by atoms with E-state index in [1.807, 2.05) is 35.2 Å². The average molecular weight is 377 g/mol. The number of amides is 1. The molecule has 0 aliphatic carbocycles. The van der Waals surface area contributed by atoms with E-state index in [0.29, 0.717) is 38.8 Å². The molecule has 1 heterocycles. The van der Waals surface area contributed by atoms with Crippen LogP contribution in [0.1, 0.15) is 57.8 Å². The molecule has 1 unspecified atom stereocenters. The van der Waals surface area contributed by atoms with E-state index in [4.69, 9.17) is 9.84 Å². The monoisotopic (exact) mass is 377 g/mol. The largest absolute Gasteiger partial charge is 0.494 e. The number of hydrogen-bond donors (Lipinski definition) is 2. The number of benzene rings is 1. The summed E-state index contributed by atoms with van der Waals surface area (Å²) in [6.45, 7) is 1.19. The summed E-state index contributed by atoms with van der Waals surface area (Å²) in [5, 5.41) is 19.2. The van der Waals surface area contributed by atoms with Crippen molar-refractivity contribution < 1.29 is 24.5 Å². The smallest absolute Gasteiger partial charge is 0.303 e. The van der Waals surface area contributed by atoms with Crippen LogP contribution < -0.4 is 4.74 Å². The van der Waals surface area contributed by atoms with Crippen molar-refractivity contribution in [1.82, 2.24) is 4.90 Å². The van der Waals surface area contributed by atoms with Gasteiger partial charge in [-0.15, -0.1) is 0 Å². The molecule has 0 spiro atoms. The predicted molar refractivity (Wildman–Crippen MR) is 103 cm³/mol. The fourth-order valence-corrected chi connectivity index (χ4v) is 3.55. The molecule has 6 heteroatoms. The van der Waals surface area contributed by atoms with Gasteiger partial charge in [-0.2, -0.15) is 0 Å². The van der Waals surface area contributed by atoms with Gasteiger partial charge in [0.2, 0.25) is 5.91 Å². The maximum atomic E-state index is 12.1. The van der Waals surface area contributed by atoms with Crippen LogP contribution in [-0.4, -0.2) is 52.3 Å². The van der Waals surface area contributed by atoms with Gasteiger partial charge in [-0.3, -0.25) is 9.59 Å². The normalized spacial score (nSPS) is 17.9. The van der Waals surface area contributed by atoms with E-state index in [-0.39, 0.29) is 18.4 Å². The van der Waals surface area contributed by atoms with Crippen molar-refractivity contribution in [2.45, 2.75) is 69.9 Å². The molecule has 2 atom stereocenters. The zero-order chi connectivity index (χ0) is 19.5. The van der Waals surface area contributed by atoms with E-state index in [2.05, 4.69) is 0 Å². The van der Waals surface area contributed by atoms with Gasteiger partial charge >= 0.3 is 5.97 Å². The Morgan fingerprint density at radius 3 is 2.63 bits per heavy atom. The van der Waals surface area contributed by atoms with E-state index in [9.17, 15) is 14.7 Å². The van der Waals surface area contributed by atoms with E-state index in [0.717, 1.165) is 31.4 Å². The zero-order valence-electron chi connectivity index (χ0n) is 15.9. The minimum atomic E-state index is -0.760. The van der Waals surface area contributed by atoms with Crippen LogP contribution in [0.2, 0.25) is 0 Å². The van der Waals surface area contributed by atoms with Crippen LogP contribution in [0.4, 0.5) is 0 Å². The Hall–Kier alpha value is -2.08. The van der Waals surface area contributed by atoms with Crippen molar-refractivity contribution in [3.8, 4) is 5.75 Å². The highest BCUT2D eigenvalue weighted by Crippen LogP contribution is 2.24. The molecule has 0 radical (unpaired) electrons. The summed E-state index contributed by atoms with van der Waals surface area (Å²) in [5.41, 5.74) is 0. The number of ether oxygens (including phenoxy) is 1. The SMILES string of the molecule is O=C(O)CCCCCCN1C(=O)CC[C@H]1C(O)CCCOc1ccccc1. The lowest BCUT2D eigenvalue weighted by molar-refractivity contribution is -0.137. The molecule has 1 amide bonds. The Bertz CT molecular complexity index is 577. The van der Waals surface area contributed by atoms with Crippen LogP contribution in [0, 0.1) is 0 Å². The molecule has 1 aliphatic rings. The fourth-order valence-electron chi connectivity index (χ4n) is 3.55. The predicted octanol–water partition coefficient (Wildman–Crippen LogP) is 3.23. The standard InChI is InChI=1S/C21H31NO5/c23-19(11-8-16-27-17-9-4-3-5-10-17)18-13-14-20(24)22(18)15-7-2-1-6-12-21(25)26/h3-5,9-10,18-19,23H,1-2,6-8,11-16H2,(H,25,26)/t18-,19?/m0/s1. The average Bonchev–Trinajstić information content (AvgIpc) is 3.03. The summed E-state index contributed by atoms with van der Waals surface area (Å²) in [7, 11) is 0. The molecule has 1 aromatic carbocycles. The molecule has 2 N–H and O–H groups in total. The van der Waals surface area contributed by atoms with Crippen molar-refractivity contribution in [3.63, 3.8) is 0 Å². The molecule has 1 saturated heterocycles. The number of para-hydroxylation sites is 1. The Labute approximate surface area is 161 Å². The Morgan fingerprint density at radius 1 is 1.15 bits per heavy atom. The van der Waals surface area contributed by atoms with Gasteiger partial charge in [0.05, 0.1) is 18.8 Å². The molecule has 6 nitrogen and oxygen atoms in total. The third kappa shape index (κ3) is 7.59. The molecule has 0 aromatic heterocycles. The number of carboxylic acid groups (broad SMARTS) is 1. The van der Waals surface area contributed by atoms with Gasteiger partial charge in [0.1, 0.15) is 5.75 Å². The molecule has 1 fully saturated rings. The first kappa shape index (κ1) is 21.2. The second-order valence-corrected chi connectivity index (χ2v) is 7.12. The lowest BCUT2D eigenvalue weighted by Crippen LogP contribution is -2.41. The molecular formula is C21H31NO5.